The maximum atomic E-state index is 13.3. The summed E-state index contributed by atoms with van der Waals surface area (Å²) in [7, 11) is 3.08. The number of rotatable bonds is 13. The van der Waals surface area contributed by atoms with E-state index in [1.54, 1.807) is 37.4 Å². The van der Waals surface area contributed by atoms with E-state index in [1.165, 1.54) is 13.2 Å². The fourth-order valence-electron chi connectivity index (χ4n) is 4.66. The van der Waals surface area contributed by atoms with E-state index in [0.29, 0.717) is 66.3 Å². The molecule has 0 radical (unpaired) electrons. The highest BCUT2D eigenvalue weighted by Gasteiger charge is 2.19. The normalized spacial score (nSPS) is 11.7. The molecule has 0 saturated heterocycles. The summed E-state index contributed by atoms with van der Waals surface area (Å²) in [5.41, 5.74) is 8.44. The van der Waals surface area contributed by atoms with Gasteiger partial charge in [0.15, 0.2) is 17.3 Å². The Morgan fingerprint density at radius 3 is 2.46 bits per heavy atom. The highest BCUT2D eigenvalue weighted by atomic mass is 16.5. The molecule has 0 fully saturated rings. The number of nitrogens with two attached hydrogens (primary N) is 1. The van der Waals surface area contributed by atoms with Crippen molar-refractivity contribution in [3.8, 4) is 11.5 Å². The second-order valence-corrected chi connectivity index (χ2v) is 9.74. The van der Waals surface area contributed by atoms with E-state index >= 15 is 0 Å². The standard InChI is InChI=1S/C32H35N3O6/c1-20-9-10-23(28(36)17-22(11-12-33)21-7-5-4-6-8-21)16-26(20)34-31(37)25-15-24-18-30(41-14-13-39-2)29(40-3)19-27(24)35-32(25)38/h4-10,15-16,18-19,22H,11-14,17,33H2,1-3H3,(H,34,37)(H,35,38)/t22-/m1/s1. The summed E-state index contributed by atoms with van der Waals surface area (Å²) in [4.78, 5) is 42.2. The summed E-state index contributed by atoms with van der Waals surface area (Å²) < 4.78 is 16.2. The molecular formula is C32H35N3O6. The third-order valence-electron chi connectivity index (χ3n) is 6.94. The Labute approximate surface area is 238 Å². The number of aryl methyl sites for hydroxylation is 1. The molecule has 4 rings (SSSR count). The number of aromatic amines is 1. The fraction of sp³-hybridized carbons (Fsp3) is 0.281. The number of hydrogen-bond acceptors (Lipinski definition) is 7. The van der Waals surface area contributed by atoms with E-state index in [4.69, 9.17) is 19.9 Å². The van der Waals surface area contributed by atoms with Gasteiger partial charge in [-0.2, -0.15) is 0 Å². The van der Waals surface area contributed by atoms with Crippen molar-refractivity contribution in [2.24, 2.45) is 5.73 Å². The van der Waals surface area contributed by atoms with E-state index in [0.717, 1.165) is 11.1 Å². The van der Waals surface area contributed by atoms with Crippen LogP contribution in [0.2, 0.25) is 0 Å². The van der Waals surface area contributed by atoms with Gasteiger partial charge in [0.2, 0.25) is 0 Å². The number of H-pyrrole nitrogens is 1. The maximum absolute atomic E-state index is 13.3. The molecule has 4 aromatic rings. The molecule has 1 heterocycles. The van der Waals surface area contributed by atoms with E-state index in [-0.39, 0.29) is 17.3 Å². The summed E-state index contributed by atoms with van der Waals surface area (Å²) in [6, 6.07) is 19.9. The zero-order valence-corrected chi connectivity index (χ0v) is 23.5. The van der Waals surface area contributed by atoms with Gasteiger partial charge in [0, 0.05) is 36.2 Å². The van der Waals surface area contributed by atoms with Gasteiger partial charge < -0.3 is 30.2 Å². The molecule has 0 aliphatic heterocycles. The number of hydrogen-bond donors (Lipinski definition) is 3. The van der Waals surface area contributed by atoms with Crippen LogP contribution in [-0.4, -0.2) is 50.7 Å². The van der Waals surface area contributed by atoms with Gasteiger partial charge in [-0.1, -0.05) is 42.5 Å². The van der Waals surface area contributed by atoms with Crippen molar-refractivity contribution >= 4 is 28.3 Å². The quantitative estimate of drug-likeness (QED) is 0.158. The highest BCUT2D eigenvalue weighted by Crippen LogP contribution is 2.32. The zero-order valence-electron chi connectivity index (χ0n) is 23.5. The third-order valence-corrected chi connectivity index (χ3v) is 6.94. The number of ether oxygens (including phenoxy) is 3. The number of carbonyl (C=O) groups excluding carboxylic acids is 2. The van der Waals surface area contributed by atoms with Gasteiger partial charge in [0.25, 0.3) is 11.5 Å². The molecule has 4 N–H and O–H groups in total. The predicted octanol–water partition coefficient (Wildman–Crippen LogP) is 4.83. The van der Waals surface area contributed by atoms with Crippen LogP contribution in [0, 0.1) is 6.92 Å². The van der Waals surface area contributed by atoms with Gasteiger partial charge in [-0.3, -0.25) is 14.4 Å². The first-order valence-electron chi connectivity index (χ1n) is 13.4. The van der Waals surface area contributed by atoms with Gasteiger partial charge >= 0.3 is 0 Å². The zero-order chi connectivity index (χ0) is 29.4. The van der Waals surface area contributed by atoms with Crippen LogP contribution in [0.4, 0.5) is 5.69 Å². The third kappa shape index (κ3) is 7.19. The van der Waals surface area contributed by atoms with E-state index in [9.17, 15) is 14.4 Å². The lowest BCUT2D eigenvalue weighted by molar-refractivity contribution is 0.0970. The van der Waals surface area contributed by atoms with Crippen LogP contribution in [0.25, 0.3) is 10.9 Å². The number of methoxy groups -OCH3 is 2. The minimum atomic E-state index is -0.594. The molecule has 1 atom stereocenters. The fourth-order valence-corrected chi connectivity index (χ4v) is 4.66. The van der Waals surface area contributed by atoms with Crippen LogP contribution in [0.15, 0.2) is 71.5 Å². The first kappa shape index (κ1) is 29.5. The molecule has 1 amide bonds. The maximum Gasteiger partial charge on any atom is 0.261 e. The molecule has 0 aliphatic carbocycles. The Morgan fingerprint density at radius 2 is 1.76 bits per heavy atom. The number of carbonyl (C=O) groups is 2. The molecule has 0 spiro atoms. The minimum Gasteiger partial charge on any atom is -0.493 e. The Kier molecular flexibility index (Phi) is 9.89. The van der Waals surface area contributed by atoms with Crippen LogP contribution < -0.4 is 26.1 Å². The molecule has 0 saturated carbocycles. The van der Waals surface area contributed by atoms with Crippen LogP contribution >= 0.6 is 0 Å². The van der Waals surface area contributed by atoms with Crippen molar-refractivity contribution in [2.75, 3.05) is 39.3 Å². The van der Waals surface area contributed by atoms with Gasteiger partial charge in [-0.25, -0.2) is 0 Å². The van der Waals surface area contributed by atoms with Crippen molar-refractivity contribution in [2.45, 2.75) is 25.7 Å². The molecule has 0 bridgehead atoms. The predicted molar refractivity (Wildman–Crippen MR) is 159 cm³/mol. The second kappa shape index (κ2) is 13.7. The second-order valence-electron chi connectivity index (χ2n) is 9.74. The first-order valence-corrected chi connectivity index (χ1v) is 13.4. The Balaban J connectivity index is 1.57. The molecule has 9 heteroatoms. The summed E-state index contributed by atoms with van der Waals surface area (Å²) in [5, 5.41) is 3.41. The van der Waals surface area contributed by atoms with Gasteiger partial charge in [0.05, 0.1) is 19.2 Å². The Hall–Kier alpha value is -4.47. The number of nitrogens with one attached hydrogen (secondary N) is 2. The number of fused-ring (bicyclic) bond motifs is 1. The largest absolute Gasteiger partial charge is 0.493 e. The Morgan fingerprint density at radius 1 is 0.976 bits per heavy atom. The molecule has 214 valence electrons. The molecule has 9 nitrogen and oxygen atoms in total. The van der Waals surface area contributed by atoms with Gasteiger partial charge in [-0.15, -0.1) is 0 Å². The van der Waals surface area contributed by atoms with Crippen LogP contribution in [0.3, 0.4) is 0 Å². The van der Waals surface area contributed by atoms with Gasteiger partial charge in [-0.05, 0) is 55.1 Å². The number of amides is 1. The minimum absolute atomic E-state index is 0.00815. The molecule has 3 aromatic carbocycles. The lowest BCUT2D eigenvalue weighted by atomic mass is 9.89. The smallest absolute Gasteiger partial charge is 0.261 e. The van der Waals surface area contributed by atoms with E-state index in [1.807, 2.05) is 37.3 Å². The summed E-state index contributed by atoms with van der Waals surface area (Å²) in [5.74, 6) is 0.247. The lowest BCUT2D eigenvalue weighted by Crippen LogP contribution is -2.23. The molecule has 0 unspecified atom stereocenters. The molecular weight excluding hydrogens is 522 g/mol. The van der Waals surface area contributed by atoms with Crippen molar-refractivity contribution < 1.29 is 23.8 Å². The van der Waals surface area contributed by atoms with Crippen molar-refractivity contribution in [1.82, 2.24) is 4.98 Å². The molecule has 0 aliphatic rings. The number of anilines is 1. The molecule has 41 heavy (non-hydrogen) atoms. The van der Waals surface area contributed by atoms with E-state index in [2.05, 4.69) is 10.3 Å². The number of pyridine rings is 1. The van der Waals surface area contributed by atoms with Crippen molar-refractivity contribution in [3.63, 3.8) is 0 Å². The summed E-state index contributed by atoms with van der Waals surface area (Å²) in [6.45, 7) is 2.99. The number of benzene rings is 3. The monoisotopic (exact) mass is 557 g/mol. The van der Waals surface area contributed by atoms with Crippen LogP contribution in [0.1, 0.15) is 50.6 Å². The lowest BCUT2D eigenvalue weighted by Gasteiger charge is -2.17. The summed E-state index contributed by atoms with van der Waals surface area (Å²) in [6.07, 6.45) is 0.973. The topological polar surface area (TPSA) is 133 Å². The first-order chi connectivity index (χ1) is 19.8. The molecule has 1 aromatic heterocycles. The van der Waals surface area contributed by atoms with E-state index < -0.39 is 11.5 Å². The number of aromatic nitrogens is 1. The van der Waals surface area contributed by atoms with Crippen LogP contribution in [-0.2, 0) is 4.74 Å². The number of ketones is 1. The summed E-state index contributed by atoms with van der Waals surface area (Å²) >= 11 is 0. The van der Waals surface area contributed by atoms with Crippen molar-refractivity contribution in [3.05, 3.63) is 99.3 Å². The SMILES string of the molecule is COCCOc1cc2cc(C(=O)Nc3cc(C(=O)C[C@@H](CCN)c4ccccc4)ccc3C)c(=O)[nH]c2cc1OC. The van der Waals surface area contributed by atoms with Crippen molar-refractivity contribution in [1.29, 1.82) is 0 Å². The average molecular weight is 558 g/mol. The number of Topliss-reactive ketones (excluding diaryl/α,β-unsaturated/α-hetero) is 1. The Bertz CT molecular complexity index is 1580. The average Bonchev–Trinajstić information content (AvgIpc) is 2.98. The highest BCUT2D eigenvalue weighted by molar-refractivity contribution is 6.07. The van der Waals surface area contributed by atoms with Gasteiger partial charge in [0.1, 0.15) is 12.2 Å². The van der Waals surface area contributed by atoms with Crippen LogP contribution in [0.5, 0.6) is 11.5 Å².